The molecular weight excluding hydrogens is 274 g/mol. The van der Waals surface area contributed by atoms with Crippen LogP contribution in [0.2, 0.25) is 0 Å². The van der Waals surface area contributed by atoms with Crippen molar-refractivity contribution in [2.45, 2.75) is 18.9 Å². The Kier molecular flexibility index (Phi) is 3.29. The van der Waals surface area contributed by atoms with Crippen LogP contribution in [0.25, 0.3) is 0 Å². The van der Waals surface area contributed by atoms with Crippen LogP contribution in [0.1, 0.15) is 23.2 Å². The van der Waals surface area contributed by atoms with Crippen molar-refractivity contribution in [1.82, 2.24) is 4.90 Å². The highest BCUT2D eigenvalue weighted by Gasteiger charge is 2.44. The quantitative estimate of drug-likeness (QED) is 0.480. The van der Waals surface area contributed by atoms with Crippen LogP contribution in [0.4, 0.5) is 11.4 Å². The molecule has 1 aliphatic heterocycles. The number of hydrogen-bond donors (Lipinski definition) is 2. The second-order valence-electron chi connectivity index (χ2n) is 5.81. The first-order chi connectivity index (χ1) is 9.97. The van der Waals surface area contributed by atoms with Gasteiger partial charge < -0.3 is 15.7 Å². The van der Waals surface area contributed by atoms with Gasteiger partial charge in [-0.05, 0) is 30.9 Å². The number of aliphatic hydroxyl groups is 1. The Balaban J connectivity index is 1.86. The normalized spacial score (nSPS) is 27.7. The minimum atomic E-state index is -0.571. The van der Waals surface area contributed by atoms with E-state index in [1.807, 2.05) is 0 Å². The minimum absolute atomic E-state index is 0.0227. The molecule has 1 saturated heterocycles. The molecule has 3 N–H and O–H groups in total. The number of carbonyl (C=O) groups excluding carboxylic acids is 1. The first-order valence-corrected chi connectivity index (χ1v) is 6.98. The number of rotatable bonds is 2. The zero-order valence-electron chi connectivity index (χ0n) is 11.4. The largest absolute Gasteiger partial charge is 0.399 e. The summed E-state index contributed by atoms with van der Waals surface area (Å²) >= 11 is 0. The molecular formula is C14H17N3O4. The minimum Gasteiger partial charge on any atom is -0.399 e. The number of nitro benzene ring substituents is 1. The van der Waals surface area contributed by atoms with Gasteiger partial charge in [-0.15, -0.1) is 0 Å². The highest BCUT2D eigenvalue weighted by molar-refractivity contribution is 5.99. The molecule has 0 radical (unpaired) electrons. The summed E-state index contributed by atoms with van der Waals surface area (Å²) in [5, 5.41) is 20.9. The zero-order chi connectivity index (χ0) is 15.1. The highest BCUT2D eigenvalue weighted by atomic mass is 16.6. The first kappa shape index (κ1) is 13.8. The van der Waals surface area contributed by atoms with Crippen LogP contribution < -0.4 is 5.73 Å². The average molecular weight is 291 g/mol. The molecule has 0 aromatic heterocycles. The number of carbonyl (C=O) groups is 1. The topological polar surface area (TPSA) is 110 Å². The maximum absolute atomic E-state index is 12.5. The number of nitrogens with two attached hydrogens (primary N) is 1. The third-order valence-electron chi connectivity index (χ3n) is 4.55. The van der Waals surface area contributed by atoms with Crippen LogP contribution in [-0.4, -0.2) is 40.0 Å². The number of likely N-dealkylation sites (tertiary alicyclic amines) is 1. The van der Waals surface area contributed by atoms with Gasteiger partial charge in [-0.25, -0.2) is 0 Å². The van der Waals surface area contributed by atoms with E-state index < -0.39 is 4.92 Å². The first-order valence-electron chi connectivity index (χ1n) is 6.98. The number of amides is 1. The number of fused-ring (bicyclic) bond motifs is 1. The van der Waals surface area contributed by atoms with Crippen LogP contribution in [0.15, 0.2) is 18.2 Å². The predicted octanol–water partition coefficient (Wildman–Crippen LogP) is 1.02. The van der Waals surface area contributed by atoms with Crippen molar-refractivity contribution < 1.29 is 14.8 Å². The summed E-state index contributed by atoms with van der Waals surface area (Å²) in [5.74, 6) is 0.00808. The third-order valence-corrected chi connectivity index (χ3v) is 4.55. The fourth-order valence-electron chi connectivity index (χ4n) is 3.46. The van der Waals surface area contributed by atoms with Crippen LogP contribution in [0.3, 0.4) is 0 Å². The summed E-state index contributed by atoms with van der Waals surface area (Å²) in [6.07, 6.45) is 1.30. The fourth-order valence-corrected chi connectivity index (χ4v) is 3.46. The summed E-state index contributed by atoms with van der Waals surface area (Å²) < 4.78 is 0. The standard InChI is InChI=1S/C14H17N3O4/c15-9-2-3-12(17(20)21)10(5-9)14(19)16-6-8-1-4-13(18)11(8)7-16/h2-3,5,8,11,13,18H,1,4,6-7,15H2. The van der Waals surface area contributed by atoms with Crippen LogP contribution >= 0.6 is 0 Å². The van der Waals surface area contributed by atoms with Gasteiger partial charge in [-0.1, -0.05) is 0 Å². The van der Waals surface area contributed by atoms with Gasteiger partial charge in [-0.2, -0.15) is 0 Å². The molecule has 1 aromatic rings. The maximum atomic E-state index is 12.5. The fraction of sp³-hybridized carbons (Fsp3) is 0.500. The molecule has 7 nitrogen and oxygen atoms in total. The van der Waals surface area contributed by atoms with Gasteiger partial charge in [0.05, 0.1) is 11.0 Å². The van der Waals surface area contributed by atoms with E-state index in [-0.39, 0.29) is 29.2 Å². The summed E-state index contributed by atoms with van der Waals surface area (Å²) in [4.78, 5) is 24.6. The summed E-state index contributed by atoms with van der Waals surface area (Å²) in [6, 6.07) is 4.02. The Bertz CT molecular complexity index is 604. The number of hydrogen-bond acceptors (Lipinski definition) is 5. The van der Waals surface area contributed by atoms with Crippen molar-refractivity contribution in [2.24, 2.45) is 11.8 Å². The lowest BCUT2D eigenvalue weighted by molar-refractivity contribution is -0.385. The number of nitrogens with zero attached hydrogens (tertiary/aromatic N) is 2. The molecule has 7 heteroatoms. The lowest BCUT2D eigenvalue weighted by Gasteiger charge is -2.18. The summed E-state index contributed by atoms with van der Waals surface area (Å²) in [6.45, 7) is 1.00. The van der Waals surface area contributed by atoms with Crippen molar-refractivity contribution in [3.63, 3.8) is 0 Å². The summed E-state index contributed by atoms with van der Waals surface area (Å²) in [5.41, 5.74) is 5.76. The van der Waals surface area contributed by atoms with Crippen molar-refractivity contribution >= 4 is 17.3 Å². The van der Waals surface area contributed by atoms with E-state index in [9.17, 15) is 20.0 Å². The van der Waals surface area contributed by atoms with Gasteiger partial charge in [0.25, 0.3) is 11.6 Å². The van der Waals surface area contributed by atoms with E-state index in [1.54, 1.807) is 4.90 Å². The molecule has 3 rings (SSSR count). The lowest BCUT2D eigenvalue weighted by Crippen LogP contribution is -2.31. The lowest BCUT2D eigenvalue weighted by atomic mass is 10.00. The van der Waals surface area contributed by atoms with Gasteiger partial charge in [0.1, 0.15) is 5.56 Å². The van der Waals surface area contributed by atoms with Crippen LogP contribution in [-0.2, 0) is 0 Å². The molecule has 3 unspecified atom stereocenters. The van der Waals surface area contributed by atoms with Crippen molar-refractivity contribution in [1.29, 1.82) is 0 Å². The molecule has 1 aliphatic carbocycles. The summed E-state index contributed by atoms with van der Waals surface area (Å²) in [7, 11) is 0. The molecule has 2 fully saturated rings. The SMILES string of the molecule is Nc1ccc([N+](=O)[O-])c(C(=O)N2CC3CCC(O)C3C2)c1. The van der Waals surface area contributed by atoms with Crippen molar-refractivity contribution in [3.05, 3.63) is 33.9 Å². The molecule has 1 amide bonds. The van der Waals surface area contributed by atoms with Gasteiger partial charge in [0.15, 0.2) is 0 Å². The Hall–Kier alpha value is -2.15. The van der Waals surface area contributed by atoms with Gasteiger partial charge in [0.2, 0.25) is 0 Å². The van der Waals surface area contributed by atoms with E-state index in [4.69, 9.17) is 5.73 Å². The Morgan fingerprint density at radius 3 is 2.81 bits per heavy atom. The highest BCUT2D eigenvalue weighted by Crippen LogP contribution is 2.39. The Labute approximate surface area is 121 Å². The molecule has 1 heterocycles. The van der Waals surface area contributed by atoms with E-state index >= 15 is 0 Å². The Morgan fingerprint density at radius 1 is 1.38 bits per heavy atom. The molecule has 0 bridgehead atoms. The van der Waals surface area contributed by atoms with Crippen molar-refractivity contribution in [3.8, 4) is 0 Å². The molecule has 1 saturated carbocycles. The van der Waals surface area contributed by atoms with Gasteiger partial charge in [-0.3, -0.25) is 14.9 Å². The zero-order valence-corrected chi connectivity index (χ0v) is 11.4. The number of benzene rings is 1. The molecule has 2 aliphatic rings. The number of nitro groups is 1. The second kappa shape index (κ2) is 5.00. The number of nitrogen functional groups attached to an aromatic ring is 1. The van der Waals surface area contributed by atoms with E-state index in [1.165, 1.54) is 18.2 Å². The second-order valence-corrected chi connectivity index (χ2v) is 5.81. The smallest absolute Gasteiger partial charge is 0.282 e. The molecule has 112 valence electrons. The Morgan fingerprint density at radius 2 is 2.14 bits per heavy atom. The van der Waals surface area contributed by atoms with E-state index in [0.717, 1.165) is 12.8 Å². The third kappa shape index (κ3) is 2.33. The van der Waals surface area contributed by atoms with Gasteiger partial charge in [0, 0.05) is 30.8 Å². The van der Waals surface area contributed by atoms with E-state index in [2.05, 4.69) is 0 Å². The van der Waals surface area contributed by atoms with E-state index in [0.29, 0.717) is 24.7 Å². The van der Waals surface area contributed by atoms with Crippen LogP contribution in [0, 0.1) is 22.0 Å². The molecule has 0 spiro atoms. The molecule has 21 heavy (non-hydrogen) atoms. The molecule has 3 atom stereocenters. The number of aliphatic hydroxyl groups excluding tert-OH is 1. The predicted molar refractivity (Wildman–Crippen MR) is 75.6 cm³/mol. The van der Waals surface area contributed by atoms with Crippen molar-refractivity contribution in [2.75, 3.05) is 18.8 Å². The average Bonchev–Trinajstić information content (AvgIpc) is 3.00. The molecule has 1 aromatic carbocycles. The monoisotopic (exact) mass is 291 g/mol. The number of anilines is 1. The maximum Gasteiger partial charge on any atom is 0.282 e. The van der Waals surface area contributed by atoms with Crippen LogP contribution in [0.5, 0.6) is 0 Å². The van der Waals surface area contributed by atoms with Gasteiger partial charge >= 0.3 is 0 Å².